The number of carbonyl (C=O) groups excluding carboxylic acids is 4. The van der Waals surface area contributed by atoms with Crippen LogP contribution in [0.1, 0.15) is 39.0 Å². The van der Waals surface area contributed by atoms with Gasteiger partial charge in [-0.25, -0.2) is 9.59 Å². The highest BCUT2D eigenvalue weighted by Crippen LogP contribution is 2.44. The zero-order valence-electron chi connectivity index (χ0n) is 12.5. The molecule has 0 atom stereocenters. The zero-order chi connectivity index (χ0) is 16.2. The summed E-state index contributed by atoms with van der Waals surface area (Å²) < 4.78 is 4.78. The molecular weight excluding hydrogens is 288 g/mol. The minimum absolute atomic E-state index is 0.0709. The SMILES string of the molecule is CCOC(=O)C=CCC1(C2CCCC2)C(=O)NC(=O)NC1=O. The molecule has 0 radical (unpaired) electrons. The lowest BCUT2D eigenvalue weighted by Crippen LogP contribution is -2.64. The summed E-state index contributed by atoms with van der Waals surface area (Å²) in [5, 5.41) is 4.36. The Labute approximate surface area is 128 Å². The Kier molecular flexibility index (Phi) is 4.95. The molecule has 2 N–H and O–H groups in total. The van der Waals surface area contributed by atoms with Gasteiger partial charge in [0.15, 0.2) is 0 Å². The Balaban J connectivity index is 2.22. The first-order chi connectivity index (χ1) is 10.5. The first-order valence-corrected chi connectivity index (χ1v) is 7.51. The molecule has 0 unspecified atom stereocenters. The van der Waals surface area contributed by atoms with E-state index in [0.717, 1.165) is 25.7 Å². The van der Waals surface area contributed by atoms with E-state index in [4.69, 9.17) is 4.74 Å². The van der Waals surface area contributed by atoms with Crippen LogP contribution in [-0.2, 0) is 19.1 Å². The summed E-state index contributed by atoms with van der Waals surface area (Å²) in [6.45, 7) is 1.95. The van der Waals surface area contributed by atoms with Crippen LogP contribution in [0.5, 0.6) is 0 Å². The monoisotopic (exact) mass is 308 g/mol. The molecule has 2 aliphatic rings. The Morgan fingerprint density at radius 1 is 1.23 bits per heavy atom. The molecule has 1 heterocycles. The van der Waals surface area contributed by atoms with Crippen molar-refractivity contribution in [3.8, 4) is 0 Å². The number of amides is 4. The molecule has 7 nitrogen and oxygen atoms in total. The normalized spacial score (nSPS) is 21.8. The summed E-state index contributed by atoms with van der Waals surface area (Å²) in [6.07, 6.45) is 6.17. The fourth-order valence-corrected chi connectivity index (χ4v) is 3.24. The predicted octanol–water partition coefficient (Wildman–Crippen LogP) is 1.04. The van der Waals surface area contributed by atoms with Crippen LogP contribution in [0.3, 0.4) is 0 Å². The van der Waals surface area contributed by atoms with Gasteiger partial charge in [-0.2, -0.15) is 0 Å². The lowest BCUT2D eigenvalue weighted by molar-refractivity contribution is -0.148. The van der Waals surface area contributed by atoms with E-state index in [0.29, 0.717) is 0 Å². The van der Waals surface area contributed by atoms with Gasteiger partial charge in [0, 0.05) is 6.08 Å². The van der Waals surface area contributed by atoms with Crippen LogP contribution in [0.15, 0.2) is 12.2 Å². The smallest absolute Gasteiger partial charge is 0.330 e. The van der Waals surface area contributed by atoms with Gasteiger partial charge in [0.05, 0.1) is 6.61 Å². The summed E-state index contributed by atoms with van der Waals surface area (Å²) in [5.41, 5.74) is -1.33. The highest BCUT2D eigenvalue weighted by Gasteiger charge is 2.54. The van der Waals surface area contributed by atoms with Crippen LogP contribution in [-0.4, -0.2) is 30.4 Å². The Bertz CT molecular complexity index is 500. The van der Waals surface area contributed by atoms with Crippen molar-refractivity contribution >= 4 is 23.8 Å². The first kappa shape index (κ1) is 16.2. The average Bonchev–Trinajstić information content (AvgIpc) is 2.96. The van der Waals surface area contributed by atoms with Gasteiger partial charge in [0.1, 0.15) is 5.41 Å². The number of carbonyl (C=O) groups is 4. The number of ether oxygens (including phenoxy) is 1. The van der Waals surface area contributed by atoms with Gasteiger partial charge in [-0.15, -0.1) is 0 Å². The van der Waals surface area contributed by atoms with Crippen LogP contribution < -0.4 is 10.6 Å². The van der Waals surface area contributed by atoms with E-state index in [1.807, 2.05) is 0 Å². The van der Waals surface area contributed by atoms with Crippen molar-refractivity contribution in [3.05, 3.63) is 12.2 Å². The van der Waals surface area contributed by atoms with E-state index >= 15 is 0 Å². The predicted molar refractivity (Wildman–Crippen MR) is 76.5 cm³/mol. The molecule has 1 aliphatic carbocycles. The highest BCUT2D eigenvalue weighted by atomic mass is 16.5. The number of nitrogens with one attached hydrogen (secondary N) is 2. The summed E-state index contributed by atoms with van der Waals surface area (Å²) in [7, 11) is 0. The Hall–Kier alpha value is -2.18. The zero-order valence-corrected chi connectivity index (χ0v) is 12.5. The molecule has 120 valence electrons. The molecule has 0 bridgehead atoms. The molecule has 0 aromatic rings. The van der Waals surface area contributed by atoms with Crippen LogP contribution in [0.25, 0.3) is 0 Å². The Morgan fingerprint density at radius 2 is 1.82 bits per heavy atom. The van der Waals surface area contributed by atoms with Crippen molar-refractivity contribution in [1.29, 1.82) is 0 Å². The third-order valence-electron chi connectivity index (χ3n) is 4.30. The van der Waals surface area contributed by atoms with Crippen molar-refractivity contribution in [3.63, 3.8) is 0 Å². The van der Waals surface area contributed by atoms with E-state index in [2.05, 4.69) is 10.6 Å². The van der Waals surface area contributed by atoms with E-state index < -0.39 is 29.2 Å². The summed E-state index contributed by atoms with van der Waals surface area (Å²) >= 11 is 0. The number of urea groups is 1. The van der Waals surface area contributed by atoms with E-state index in [-0.39, 0.29) is 18.9 Å². The third-order valence-corrected chi connectivity index (χ3v) is 4.30. The second-order valence-electron chi connectivity index (χ2n) is 5.55. The molecule has 4 amide bonds. The fraction of sp³-hybridized carbons (Fsp3) is 0.600. The number of imide groups is 2. The van der Waals surface area contributed by atoms with E-state index in [1.165, 1.54) is 12.2 Å². The van der Waals surface area contributed by atoms with Gasteiger partial charge < -0.3 is 4.74 Å². The largest absolute Gasteiger partial charge is 0.463 e. The topological polar surface area (TPSA) is 102 Å². The lowest BCUT2D eigenvalue weighted by Gasteiger charge is -2.37. The molecule has 1 saturated heterocycles. The number of hydrogen-bond donors (Lipinski definition) is 2. The quantitative estimate of drug-likeness (QED) is 0.449. The van der Waals surface area contributed by atoms with Gasteiger partial charge in [-0.3, -0.25) is 20.2 Å². The molecule has 1 saturated carbocycles. The standard InChI is InChI=1S/C15H20N2O5/c1-2-22-11(18)8-5-9-15(10-6-3-4-7-10)12(19)16-14(21)17-13(15)20/h5,8,10H,2-4,6-7,9H2,1H3,(H2,16,17,19,20,21). The van der Waals surface area contributed by atoms with Gasteiger partial charge in [-0.1, -0.05) is 18.9 Å². The first-order valence-electron chi connectivity index (χ1n) is 7.51. The van der Waals surface area contributed by atoms with Gasteiger partial charge in [-0.05, 0) is 32.1 Å². The second-order valence-corrected chi connectivity index (χ2v) is 5.55. The molecule has 0 aromatic carbocycles. The van der Waals surface area contributed by atoms with Crippen molar-refractivity contribution in [2.45, 2.75) is 39.0 Å². The number of allylic oxidation sites excluding steroid dienone is 1. The minimum atomic E-state index is -1.33. The van der Waals surface area contributed by atoms with Crippen LogP contribution in [0.2, 0.25) is 0 Å². The second kappa shape index (κ2) is 6.72. The van der Waals surface area contributed by atoms with Gasteiger partial charge in [0.2, 0.25) is 11.8 Å². The fourth-order valence-electron chi connectivity index (χ4n) is 3.24. The van der Waals surface area contributed by atoms with E-state index in [1.54, 1.807) is 6.92 Å². The van der Waals surface area contributed by atoms with Crippen molar-refractivity contribution in [2.75, 3.05) is 6.61 Å². The van der Waals surface area contributed by atoms with Gasteiger partial charge in [0.25, 0.3) is 0 Å². The summed E-state index contributed by atoms with van der Waals surface area (Å²) in [6, 6.07) is -0.794. The van der Waals surface area contributed by atoms with E-state index in [9.17, 15) is 19.2 Å². The molecule has 22 heavy (non-hydrogen) atoms. The maximum atomic E-state index is 12.4. The summed E-state index contributed by atoms with van der Waals surface area (Å²) in [5.74, 6) is -1.81. The average molecular weight is 308 g/mol. The highest BCUT2D eigenvalue weighted by molar-refractivity contribution is 6.19. The van der Waals surface area contributed by atoms with Crippen molar-refractivity contribution in [2.24, 2.45) is 11.3 Å². The van der Waals surface area contributed by atoms with Crippen LogP contribution in [0.4, 0.5) is 4.79 Å². The maximum Gasteiger partial charge on any atom is 0.330 e. The number of barbiturate groups is 1. The Morgan fingerprint density at radius 3 is 2.36 bits per heavy atom. The van der Waals surface area contributed by atoms with Crippen LogP contribution in [0, 0.1) is 11.3 Å². The summed E-state index contributed by atoms with van der Waals surface area (Å²) in [4.78, 5) is 47.4. The molecule has 2 fully saturated rings. The number of esters is 1. The van der Waals surface area contributed by atoms with Crippen molar-refractivity contribution < 1.29 is 23.9 Å². The van der Waals surface area contributed by atoms with Crippen LogP contribution >= 0.6 is 0 Å². The maximum absolute atomic E-state index is 12.4. The number of rotatable bonds is 5. The molecular formula is C15H20N2O5. The number of hydrogen-bond acceptors (Lipinski definition) is 5. The molecule has 0 spiro atoms. The van der Waals surface area contributed by atoms with Gasteiger partial charge >= 0.3 is 12.0 Å². The minimum Gasteiger partial charge on any atom is -0.463 e. The molecule has 7 heteroatoms. The van der Waals surface area contributed by atoms with Crippen molar-refractivity contribution in [1.82, 2.24) is 10.6 Å². The molecule has 0 aromatic heterocycles. The lowest BCUT2D eigenvalue weighted by atomic mass is 9.69. The molecule has 1 aliphatic heterocycles. The third kappa shape index (κ3) is 3.03. The molecule has 2 rings (SSSR count).